The number of carbonyl (C=O) groups excluding carboxylic acids is 2. The summed E-state index contributed by atoms with van der Waals surface area (Å²) in [6.07, 6.45) is 10.1. The van der Waals surface area contributed by atoms with Crippen molar-refractivity contribution in [3.8, 4) is 0 Å². The number of nitrogens with one attached hydrogen (secondary N) is 1. The predicted octanol–water partition coefficient (Wildman–Crippen LogP) is 4.75. The van der Waals surface area contributed by atoms with Gasteiger partial charge in [-0.15, -0.1) is 0 Å². The average molecular weight is 520 g/mol. The first-order chi connectivity index (χ1) is 17.9. The Kier molecular flexibility index (Phi) is 5.39. The normalized spacial score (nSPS) is 42.5. The van der Waals surface area contributed by atoms with Gasteiger partial charge in [0.05, 0.1) is 11.5 Å². The molecule has 2 aliphatic heterocycles. The summed E-state index contributed by atoms with van der Waals surface area (Å²) in [5.41, 5.74) is 1.65. The molecule has 5 aliphatic carbocycles. The first kappa shape index (κ1) is 24.9. The molecule has 5 saturated carbocycles. The highest BCUT2D eigenvalue weighted by Crippen LogP contribution is 2.57. The molecular weight excluding hydrogens is 474 g/mol. The molecule has 1 aromatic rings. The predicted molar refractivity (Wildman–Crippen MR) is 148 cm³/mol. The number of anilines is 1. The molecule has 5 atom stereocenters. The van der Waals surface area contributed by atoms with Gasteiger partial charge in [0.25, 0.3) is 5.91 Å². The van der Waals surface area contributed by atoms with Crippen LogP contribution in [-0.2, 0) is 4.79 Å². The molecule has 0 spiro atoms. The van der Waals surface area contributed by atoms with Crippen molar-refractivity contribution in [3.05, 3.63) is 29.8 Å². The van der Waals surface area contributed by atoms with Crippen molar-refractivity contribution in [2.45, 2.75) is 102 Å². The lowest BCUT2D eigenvalue weighted by atomic mass is 9.51. The summed E-state index contributed by atoms with van der Waals surface area (Å²) in [5.74, 6) is 1.45. The van der Waals surface area contributed by atoms with Gasteiger partial charge >= 0.3 is 0 Å². The maximum absolute atomic E-state index is 13.5. The van der Waals surface area contributed by atoms with E-state index in [1.165, 1.54) is 12.8 Å². The first-order valence-electron chi connectivity index (χ1n) is 15.1. The van der Waals surface area contributed by atoms with Crippen molar-refractivity contribution in [1.29, 1.82) is 0 Å². The van der Waals surface area contributed by atoms with Crippen molar-refractivity contribution in [2.75, 3.05) is 24.5 Å². The van der Waals surface area contributed by atoms with E-state index in [9.17, 15) is 14.7 Å². The van der Waals surface area contributed by atoms with Gasteiger partial charge in [0.1, 0.15) is 0 Å². The molecule has 2 amide bonds. The molecule has 0 radical (unpaired) electrons. The van der Waals surface area contributed by atoms with Gasteiger partial charge in [0.2, 0.25) is 5.91 Å². The molecule has 6 nitrogen and oxygen atoms in total. The number of rotatable bonds is 4. The fourth-order valence-electron chi connectivity index (χ4n) is 10.6. The number of likely N-dealkylation sites (tertiary alicyclic amines) is 1. The Labute approximate surface area is 227 Å². The molecule has 206 valence electrons. The van der Waals surface area contributed by atoms with Crippen LogP contribution in [0.2, 0.25) is 0 Å². The zero-order valence-electron chi connectivity index (χ0n) is 23.5. The summed E-state index contributed by atoms with van der Waals surface area (Å²) in [6, 6.07) is 8.45. The number of amides is 2. The topological polar surface area (TPSA) is 72.9 Å². The molecule has 0 aromatic heterocycles. The number of benzene rings is 1. The van der Waals surface area contributed by atoms with Crippen molar-refractivity contribution in [3.63, 3.8) is 0 Å². The number of fused-ring (bicyclic) bond motifs is 2. The van der Waals surface area contributed by atoms with Gasteiger partial charge in [-0.25, -0.2) is 0 Å². The summed E-state index contributed by atoms with van der Waals surface area (Å²) < 4.78 is 0. The van der Waals surface area contributed by atoms with Gasteiger partial charge in [0.15, 0.2) is 0 Å². The highest BCUT2D eigenvalue weighted by molar-refractivity contribution is 5.95. The monoisotopic (exact) mass is 519 g/mol. The lowest BCUT2D eigenvalue weighted by Crippen LogP contribution is -2.66. The molecule has 7 fully saturated rings. The minimum atomic E-state index is -0.556. The summed E-state index contributed by atoms with van der Waals surface area (Å²) in [6.45, 7) is 9.47. The summed E-state index contributed by atoms with van der Waals surface area (Å²) in [5, 5.41) is 14.5. The number of nitrogens with zero attached hydrogens (tertiary/aromatic N) is 2. The number of carbonyl (C=O) groups is 2. The van der Waals surface area contributed by atoms with Crippen LogP contribution in [0.1, 0.15) is 95.3 Å². The van der Waals surface area contributed by atoms with Crippen LogP contribution in [0.4, 0.5) is 5.69 Å². The standard InChI is InChI=1S/C32H45N3O3/c1-29(2)15-26-16-30(3,18-29)20-35(26)28(37)23-4-6-25(7-5-23)34-9-8-24(17-34)27(36)33-31-11-21-10-22(12-31)14-32(38,13-21)19-31/h4-7,21-22,24,26,38H,8-20H2,1-3H3,(H,33,36). The van der Waals surface area contributed by atoms with E-state index >= 15 is 0 Å². The van der Waals surface area contributed by atoms with Gasteiger partial charge in [-0.3, -0.25) is 9.59 Å². The van der Waals surface area contributed by atoms with Crippen molar-refractivity contribution >= 4 is 17.5 Å². The zero-order valence-corrected chi connectivity index (χ0v) is 23.5. The summed E-state index contributed by atoms with van der Waals surface area (Å²) >= 11 is 0. The van der Waals surface area contributed by atoms with Crippen LogP contribution >= 0.6 is 0 Å². The van der Waals surface area contributed by atoms with Crippen LogP contribution in [0.3, 0.4) is 0 Å². The Balaban J connectivity index is 0.982. The molecule has 8 rings (SSSR count). The lowest BCUT2D eigenvalue weighted by Gasteiger charge is -2.60. The van der Waals surface area contributed by atoms with Crippen LogP contribution in [0, 0.1) is 28.6 Å². The van der Waals surface area contributed by atoms with Gasteiger partial charge < -0.3 is 20.2 Å². The van der Waals surface area contributed by atoms with E-state index in [0.717, 1.165) is 75.7 Å². The van der Waals surface area contributed by atoms with Gasteiger partial charge in [-0.05, 0) is 111 Å². The molecule has 6 heteroatoms. The highest BCUT2D eigenvalue weighted by atomic mass is 16.3. The van der Waals surface area contributed by atoms with Gasteiger partial charge in [-0.1, -0.05) is 20.8 Å². The molecule has 38 heavy (non-hydrogen) atoms. The summed E-state index contributed by atoms with van der Waals surface area (Å²) in [7, 11) is 0. The van der Waals surface area contributed by atoms with Crippen molar-refractivity contribution in [1.82, 2.24) is 10.2 Å². The lowest BCUT2D eigenvalue weighted by molar-refractivity contribution is -0.152. The number of hydrogen-bond donors (Lipinski definition) is 2. The van der Waals surface area contributed by atoms with E-state index in [2.05, 4.69) is 48.0 Å². The molecule has 6 bridgehead atoms. The third kappa shape index (κ3) is 4.26. The maximum Gasteiger partial charge on any atom is 0.254 e. The Morgan fingerprint density at radius 2 is 1.66 bits per heavy atom. The third-order valence-electron chi connectivity index (χ3n) is 11.1. The van der Waals surface area contributed by atoms with E-state index in [1.807, 2.05) is 12.1 Å². The van der Waals surface area contributed by atoms with Crippen LogP contribution in [0.15, 0.2) is 24.3 Å². The van der Waals surface area contributed by atoms with Crippen molar-refractivity contribution < 1.29 is 14.7 Å². The fraction of sp³-hybridized carbons (Fsp3) is 0.750. The molecule has 1 aromatic carbocycles. The molecular formula is C32H45N3O3. The number of hydrogen-bond acceptors (Lipinski definition) is 4. The molecule has 7 aliphatic rings. The maximum atomic E-state index is 13.5. The van der Waals surface area contributed by atoms with Crippen molar-refractivity contribution in [2.24, 2.45) is 28.6 Å². The average Bonchev–Trinajstić information content (AvgIpc) is 3.39. The second-order valence-corrected chi connectivity index (χ2v) is 15.6. The molecule has 2 heterocycles. The fourth-order valence-corrected chi connectivity index (χ4v) is 10.6. The Bertz CT molecular complexity index is 1130. The zero-order chi connectivity index (χ0) is 26.5. The van der Waals surface area contributed by atoms with Gasteiger partial charge in [0, 0.05) is 42.5 Å². The first-order valence-corrected chi connectivity index (χ1v) is 15.1. The minimum absolute atomic E-state index is 0.0213. The van der Waals surface area contributed by atoms with Crippen LogP contribution in [0.25, 0.3) is 0 Å². The Morgan fingerprint density at radius 3 is 2.34 bits per heavy atom. The van der Waals surface area contributed by atoms with Crippen LogP contribution < -0.4 is 10.2 Å². The Morgan fingerprint density at radius 1 is 0.947 bits per heavy atom. The number of aliphatic hydroxyl groups is 1. The molecule has 2 saturated heterocycles. The second-order valence-electron chi connectivity index (χ2n) is 15.6. The van der Waals surface area contributed by atoms with Gasteiger partial charge in [-0.2, -0.15) is 0 Å². The van der Waals surface area contributed by atoms with Crippen LogP contribution in [0.5, 0.6) is 0 Å². The SMILES string of the molecule is CC1(C)CC2CC(C)(CN2C(=O)c2ccc(N3CCC(C(=O)NC45CC6CC(CC(O)(C6)C4)C5)C3)cc2)C1. The third-order valence-corrected chi connectivity index (χ3v) is 11.1. The summed E-state index contributed by atoms with van der Waals surface area (Å²) in [4.78, 5) is 31.3. The van der Waals surface area contributed by atoms with E-state index in [0.29, 0.717) is 29.8 Å². The van der Waals surface area contributed by atoms with E-state index in [4.69, 9.17) is 0 Å². The van der Waals surface area contributed by atoms with Crippen LogP contribution in [-0.4, -0.2) is 58.6 Å². The highest BCUT2D eigenvalue weighted by Gasteiger charge is 2.58. The molecule has 5 unspecified atom stereocenters. The Hall–Kier alpha value is -2.08. The quantitative estimate of drug-likeness (QED) is 0.602. The van der Waals surface area contributed by atoms with E-state index in [-0.39, 0.29) is 28.7 Å². The largest absolute Gasteiger partial charge is 0.390 e. The molecule has 2 N–H and O–H groups in total. The smallest absolute Gasteiger partial charge is 0.254 e. The van der Waals surface area contributed by atoms with E-state index in [1.54, 1.807) is 0 Å². The van der Waals surface area contributed by atoms with E-state index < -0.39 is 5.60 Å². The second kappa shape index (κ2) is 8.22. The minimum Gasteiger partial charge on any atom is -0.390 e.